The van der Waals surface area contributed by atoms with Crippen molar-refractivity contribution in [2.45, 2.75) is 4.90 Å². The second kappa shape index (κ2) is 22.2. The number of benzene rings is 7. The van der Waals surface area contributed by atoms with Crippen LogP contribution in [0.4, 0.5) is 0 Å². The van der Waals surface area contributed by atoms with Gasteiger partial charge < -0.3 is 19.9 Å². The number of aromatic nitrogens is 4. The molecule has 0 fully saturated rings. The van der Waals surface area contributed by atoms with E-state index in [1.807, 2.05) is 183 Å². The first kappa shape index (κ1) is 46.1. The van der Waals surface area contributed by atoms with Gasteiger partial charge in [0.05, 0.1) is 18.2 Å². The minimum atomic E-state index is 0. The minimum absolute atomic E-state index is 0. The largest absolute Gasteiger partial charge is 1.00 e. The van der Waals surface area contributed by atoms with Crippen molar-refractivity contribution in [2.24, 2.45) is 0 Å². The van der Waals surface area contributed by atoms with Gasteiger partial charge in [0.1, 0.15) is 28.6 Å². The van der Waals surface area contributed by atoms with Gasteiger partial charge in [-0.2, -0.15) is 0 Å². The Bertz CT molecular complexity index is 3300. The molecule has 7 aromatic carbocycles. The van der Waals surface area contributed by atoms with Crippen molar-refractivity contribution in [1.82, 2.24) is 19.7 Å². The van der Waals surface area contributed by atoms with Gasteiger partial charge in [-0.15, -0.1) is 4.73 Å². The molecule has 9 nitrogen and oxygen atoms in total. The number of para-hydroxylation sites is 4. The number of hydrogen-bond acceptors (Lipinski definition) is 8. The summed E-state index contributed by atoms with van der Waals surface area (Å²) in [4.78, 5) is 19.3. The number of H-pyrrole nitrogens is 1. The third-order valence-corrected chi connectivity index (χ3v) is 11.2. The average Bonchev–Trinajstić information content (AvgIpc) is 3.97. The quantitative estimate of drug-likeness (QED) is 0.0558. The number of nitrogens with one attached hydrogen (secondary N) is 1. The molecular formula is C56H41N4NaO5S. The van der Waals surface area contributed by atoms with Crippen LogP contribution in [0.2, 0.25) is 0 Å². The fourth-order valence-corrected chi connectivity index (χ4v) is 7.96. The Kier molecular flexibility index (Phi) is 15.3. The fourth-order valence-electron chi connectivity index (χ4n) is 7.52. The molecule has 0 spiro atoms. The molecule has 322 valence electrons. The molecule has 4 aromatic heterocycles. The Morgan fingerprint density at radius 3 is 1.48 bits per heavy atom. The van der Waals surface area contributed by atoms with E-state index in [2.05, 4.69) is 64.6 Å². The molecule has 0 radical (unpaired) electrons. The number of aromatic amines is 1. The second-order valence-corrected chi connectivity index (χ2v) is 15.7. The average molecular weight is 905 g/mol. The summed E-state index contributed by atoms with van der Waals surface area (Å²) in [5.74, 6) is 3.17. The molecular weight excluding hydrogens is 864 g/mol. The van der Waals surface area contributed by atoms with Crippen LogP contribution in [0.3, 0.4) is 0 Å². The van der Waals surface area contributed by atoms with E-state index >= 15 is 0 Å². The summed E-state index contributed by atoms with van der Waals surface area (Å²) in [7, 11) is 0. The van der Waals surface area contributed by atoms with Crippen molar-refractivity contribution < 1.29 is 53.8 Å². The Balaban J connectivity index is 0.000000183. The molecule has 11 aromatic rings. The van der Waals surface area contributed by atoms with E-state index < -0.39 is 0 Å². The van der Waals surface area contributed by atoms with Crippen LogP contribution in [-0.4, -0.2) is 25.2 Å². The van der Waals surface area contributed by atoms with Gasteiger partial charge in [0.15, 0.2) is 5.65 Å². The number of pyridine rings is 2. The Hall–Kier alpha value is -7.41. The maximum absolute atomic E-state index is 6.21. The van der Waals surface area contributed by atoms with Gasteiger partial charge in [0.2, 0.25) is 0 Å². The number of hydrogen-bond donors (Lipinski definition) is 1. The molecule has 0 aliphatic heterocycles. The molecule has 4 heterocycles. The summed E-state index contributed by atoms with van der Waals surface area (Å²) in [6.45, 7) is 0. The molecule has 0 saturated heterocycles. The summed E-state index contributed by atoms with van der Waals surface area (Å²) in [6.07, 6.45) is 7.63. The molecule has 0 unspecified atom stereocenters. The van der Waals surface area contributed by atoms with Crippen molar-refractivity contribution >= 4 is 34.1 Å². The number of nitrogens with zero attached hydrogens (tertiary/aromatic N) is 3. The van der Waals surface area contributed by atoms with E-state index in [4.69, 9.17) is 23.8 Å². The summed E-state index contributed by atoms with van der Waals surface area (Å²) < 4.78 is 19.4. The van der Waals surface area contributed by atoms with Gasteiger partial charge in [-0.05, 0) is 71.8 Å². The van der Waals surface area contributed by atoms with Crippen LogP contribution in [0.25, 0.3) is 66.6 Å². The summed E-state index contributed by atoms with van der Waals surface area (Å²) in [6, 6.07) is 70.2. The number of rotatable bonds is 12. The normalized spacial score (nSPS) is 10.6. The van der Waals surface area contributed by atoms with Crippen LogP contribution in [0.1, 0.15) is 0 Å². The van der Waals surface area contributed by atoms with E-state index in [9.17, 15) is 0 Å². The first-order valence-corrected chi connectivity index (χ1v) is 21.8. The van der Waals surface area contributed by atoms with E-state index in [0.717, 1.165) is 95.3 Å². The maximum Gasteiger partial charge on any atom is 1.00 e. The first-order valence-electron chi connectivity index (χ1n) is 21.0. The maximum atomic E-state index is 6.21. The number of fused-ring (bicyclic) bond motifs is 2. The minimum Gasteiger partial charge on any atom is -0.870 e. The van der Waals surface area contributed by atoms with Crippen molar-refractivity contribution in [3.8, 4) is 67.5 Å². The summed E-state index contributed by atoms with van der Waals surface area (Å²) >= 11 is 1.14. The van der Waals surface area contributed by atoms with Gasteiger partial charge in [-0.3, -0.25) is 0 Å². The van der Waals surface area contributed by atoms with Crippen LogP contribution < -0.4 is 44.0 Å². The molecule has 0 aliphatic carbocycles. The SMILES string of the molecule is [Na+].[OH-].c1ccc(Oc2ccccc2-c2cnc3[nH]cc(-c4ccccc4)c3c2)cc1.c1ccc(Oc2ccccc2-c2cnc3c(c2)c(-c2ccccc2)cn3OOSc2ccccc2)cc1. The third kappa shape index (κ3) is 10.8. The summed E-state index contributed by atoms with van der Waals surface area (Å²) in [5.41, 5.74) is 9.81. The van der Waals surface area contributed by atoms with Crippen LogP contribution in [0.5, 0.6) is 23.0 Å². The molecule has 0 amide bonds. The van der Waals surface area contributed by atoms with Crippen molar-refractivity contribution in [3.05, 3.63) is 237 Å². The van der Waals surface area contributed by atoms with Crippen LogP contribution >= 0.6 is 12.0 Å². The first-order chi connectivity index (χ1) is 32.2. The van der Waals surface area contributed by atoms with E-state index in [1.54, 1.807) is 4.73 Å². The standard InChI is InChI=1S/C31H22N2O3S.C25H18N2O.Na.H2O/c1-4-12-23(13-5-1)29-22-33(35-36-37-26-16-8-3-9-17-26)31-28(29)20-24(21-32-31)27-18-10-11-19-30(27)34-25-14-6-2-7-15-25;1-3-9-18(10-4-1)23-17-27-25-22(23)15-19(16-26-25)21-13-7-8-14-24(21)28-20-11-5-2-6-12-20;;/h1-22H;1-17H,(H,26,27);;1H2/q;;+1;/p-1. The predicted molar refractivity (Wildman–Crippen MR) is 263 cm³/mol. The molecule has 0 saturated carbocycles. The molecule has 0 aliphatic rings. The zero-order valence-corrected chi connectivity index (χ0v) is 39.2. The Labute approximate surface area is 414 Å². The topological polar surface area (TPSA) is 113 Å². The molecule has 67 heavy (non-hydrogen) atoms. The van der Waals surface area contributed by atoms with Crippen molar-refractivity contribution in [2.75, 3.05) is 0 Å². The molecule has 0 bridgehead atoms. The molecule has 11 heteroatoms. The zero-order valence-electron chi connectivity index (χ0n) is 36.3. The molecule has 0 atom stereocenters. The smallest absolute Gasteiger partial charge is 0.870 e. The van der Waals surface area contributed by atoms with Crippen molar-refractivity contribution in [3.63, 3.8) is 0 Å². The predicted octanol–water partition coefficient (Wildman–Crippen LogP) is 11.7. The van der Waals surface area contributed by atoms with Gasteiger partial charge in [-0.25, -0.2) is 15.0 Å². The summed E-state index contributed by atoms with van der Waals surface area (Å²) in [5, 5.41) is 2.03. The monoisotopic (exact) mass is 904 g/mol. The van der Waals surface area contributed by atoms with Gasteiger partial charge in [0, 0.05) is 67.6 Å². The fraction of sp³-hybridized carbons (Fsp3) is 0. The second-order valence-electron chi connectivity index (χ2n) is 14.9. The van der Waals surface area contributed by atoms with E-state index in [0.29, 0.717) is 5.65 Å². The van der Waals surface area contributed by atoms with Crippen LogP contribution in [0, 0.1) is 0 Å². The van der Waals surface area contributed by atoms with Crippen LogP contribution in [-0.2, 0) is 4.33 Å². The van der Waals surface area contributed by atoms with Gasteiger partial charge in [0.25, 0.3) is 0 Å². The molecule has 2 N–H and O–H groups in total. The zero-order chi connectivity index (χ0) is 43.6. The van der Waals surface area contributed by atoms with E-state index in [1.165, 1.54) is 5.56 Å². The van der Waals surface area contributed by atoms with Gasteiger partial charge in [-0.1, -0.05) is 156 Å². The Morgan fingerprint density at radius 1 is 0.448 bits per heavy atom. The third-order valence-electron chi connectivity index (χ3n) is 10.6. The van der Waals surface area contributed by atoms with E-state index in [-0.39, 0.29) is 35.0 Å². The molecule has 11 rings (SSSR count). The Morgan fingerprint density at radius 2 is 0.910 bits per heavy atom. The van der Waals surface area contributed by atoms with Crippen LogP contribution in [0.15, 0.2) is 242 Å². The number of ether oxygens (including phenoxy) is 2. The van der Waals surface area contributed by atoms with Gasteiger partial charge >= 0.3 is 29.6 Å². The van der Waals surface area contributed by atoms with Crippen molar-refractivity contribution in [1.29, 1.82) is 0 Å².